The summed E-state index contributed by atoms with van der Waals surface area (Å²) < 4.78 is 16.3. The fraction of sp³-hybridized carbons (Fsp3) is 0.281. The van der Waals surface area contributed by atoms with Crippen molar-refractivity contribution in [3.8, 4) is 33.2 Å². The molecular weight excluding hydrogens is 554 g/mol. The van der Waals surface area contributed by atoms with E-state index in [1.165, 1.54) is 11.9 Å². The molecule has 1 fully saturated rings. The Kier molecular flexibility index (Phi) is 9.04. The third kappa shape index (κ3) is 6.40. The summed E-state index contributed by atoms with van der Waals surface area (Å²) in [6, 6.07) is 23.5. The number of esters is 1. The summed E-state index contributed by atoms with van der Waals surface area (Å²) in [5, 5.41) is 11.3. The molecule has 0 aliphatic carbocycles. The van der Waals surface area contributed by atoms with Crippen molar-refractivity contribution in [2.45, 2.75) is 31.4 Å². The van der Waals surface area contributed by atoms with Gasteiger partial charge in [-0.1, -0.05) is 30.3 Å². The number of urea groups is 1. The number of hydrogen-bond acceptors (Lipinski definition) is 8. The third-order valence-corrected chi connectivity index (χ3v) is 8.60. The van der Waals surface area contributed by atoms with E-state index in [2.05, 4.69) is 0 Å². The normalized spacial score (nSPS) is 16.5. The van der Waals surface area contributed by atoms with E-state index in [1.54, 1.807) is 25.6 Å². The Morgan fingerprint density at radius 3 is 2.17 bits per heavy atom. The van der Waals surface area contributed by atoms with Crippen LogP contribution in [0.3, 0.4) is 0 Å². The van der Waals surface area contributed by atoms with Crippen molar-refractivity contribution >= 4 is 23.3 Å². The molecule has 218 valence electrons. The zero-order valence-corrected chi connectivity index (χ0v) is 24.5. The quantitative estimate of drug-likeness (QED) is 0.148. The van der Waals surface area contributed by atoms with Crippen LogP contribution in [-0.4, -0.2) is 66.0 Å². The molecule has 1 saturated heterocycles. The molecule has 2 heterocycles. The van der Waals surface area contributed by atoms with E-state index in [-0.39, 0.29) is 19.1 Å². The predicted octanol–water partition coefficient (Wildman–Crippen LogP) is 6.23. The number of piperidine rings is 1. The molecule has 0 bridgehead atoms. The second-order valence-corrected chi connectivity index (χ2v) is 11.0. The van der Waals surface area contributed by atoms with E-state index >= 15 is 0 Å². The molecule has 1 aliphatic heterocycles. The van der Waals surface area contributed by atoms with Gasteiger partial charge in [0.05, 0.1) is 29.8 Å². The van der Waals surface area contributed by atoms with Crippen molar-refractivity contribution in [3.63, 3.8) is 0 Å². The van der Waals surface area contributed by atoms with Gasteiger partial charge in [0.1, 0.15) is 24.1 Å². The summed E-state index contributed by atoms with van der Waals surface area (Å²) >= 11 is 1.58. The van der Waals surface area contributed by atoms with Gasteiger partial charge >= 0.3 is 12.0 Å². The van der Waals surface area contributed by atoms with Crippen molar-refractivity contribution in [1.29, 1.82) is 0 Å². The highest BCUT2D eigenvalue weighted by Crippen LogP contribution is 2.43. The molecule has 1 aromatic heterocycles. The fourth-order valence-electron chi connectivity index (χ4n) is 5.05. The molecule has 2 unspecified atom stereocenters. The minimum absolute atomic E-state index is 0.0956. The Balaban J connectivity index is 1.46. The minimum Gasteiger partial charge on any atom is -0.497 e. The standard InChI is InChI=1S/C32H33N3O6S/c1-34(38)32(37)35-18-17-24(19-27(35)31(36)41-20-21-7-5-4-6-8-21)30-33-28(22-9-13-25(39-2)14-10-22)29(42-30)23-11-15-26(40-3)16-12-23/h4-16,24,27,38H,17-20H2,1-3H3. The summed E-state index contributed by atoms with van der Waals surface area (Å²) in [4.78, 5) is 33.7. The topological polar surface area (TPSA) is 101 Å². The van der Waals surface area contributed by atoms with Crippen molar-refractivity contribution in [1.82, 2.24) is 14.9 Å². The van der Waals surface area contributed by atoms with Crippen LogP contribution in [-0.2, 0) is 16.1 Å². The number of hydrogen-bond donors (Lipinski definition) is 1. The molecule has 3 aromatic carbocycles. The van der Waals surface area contributed by atoms with Gasteiger partial charge in [-0.2, -0.15) is 0 Å². The average Bonchev–Trinajstić information content (AvgIpc) is 3.49. The molecule has 2 amide bonds. The van der Waals surface area contributed by atoms with Gasteiger partial charge in [0.25, 0.3) is 0 Å². The number of ether oxygens (including phenoxy) is 3. The van der Waals surface area contributed by atoms with E-state index in [0.717, 1.165) is 43.8 Å². The van der Waals surface area contributed by atoms with Crippen LogP contribution >= 0.6 is 11.3 Å². The molecule has 42 heavy (non-hydrogen) atoms. The lowest BCUT2D eigenvalue weighted by molar-refractivity contribution is -0.152. The fourth-order valence-corrected chi connectivity index (χ4v) is 6.29. The first-order valence-corrected chi connectivity index (χ1v) is 14.4. The highest BCUT2D eigenvalue weighted by Gasteiger charge is 2.40. The number of likely N-dealkylation sites (tertiary alicyclic amines) is 1. The minimum atomic E-state index is -0.868. The van der Waals surface area contributed by atoms with E-state index in [0.29, 0.717) is 17.9 Å². The lowest BCUT2D eigenvalue weighted by atomic mass is 9.91. The first kappa shape index (κ1) is 29.1. The van der Waals surface area contributed by atoms with Gasteiger partial charge in [0.15, 0.2) is 0 Å². The lowest BCUT2D eigenvalue weighted by Crippen LogP contribution is -2.53. The molecule has 10 heteroatoms. The maximum atomic E-state index is 13.4. The summed E-state index contributed by atoms with van der Waals surface area (Å²) in [7, 11) is 4.52. The number of nitrogens with zero attached hydrogens (tertiary/aromatic N) is 3. The number of aromatic nitrogens is 1. The SMILES string of the molecule is COc1ccc(-c2nc(C3CCN(C(=O)N(C)O)C(C(=O)OCc4ccccc4)C3)sc2-c2ccc(OC)cc2)cc1. The maximum absolute atomic E-state index is 13.4. The number of methoxy groups -OCH3 is 2. The van der Waals surface area contributed by atoms with Gasteiger partial charge in [-0.3, -0.25) is 5.21 Å². The highest BCUT2D eigenvalue weighted by atomic mass is 32.1. The Morgan fingerprint density at radius 1 is 0.952 bits per heavy atom. The van der Waals surface area contributed by atoms with Crippen molar-refractivity contribution < 1.29 is 29.0 Å². The van der Waals surface area contributed by atoms with Crippen LogP contribution < -0.4 is 9.47 Å². The second-order valence-electron chi connectivity index (χ2n) is 10.0. The molecule has 9 nitrogen and oxygen atoms in total. The molecule has 2 atom stereocenters. The van der Waals surface area contributed by atoms with E-state index in [1.807, 2.05) is 78.9 Å². The molecule has 0 saturated carbocycles. The lowest BCUT2D eigenvalue weighted by Gasteiger charge is -2.38. The van der Waals surface area contributed by atoms with Gasteiger partial charge < -0.3 is 19.1 Å². The Labute approximate surface area is 248 Å². The van der Waals surface area contributed by atoms with Crippen LogP contribution in [0.15, 0.2) is 78.9 Å². The van der Waals surface area contributed by atoms with Crippen LogP contribution in [0.4, 0.5) is 4.79 Å². The van der Waals surface area contributed by atoms with Crippen LogP contribution in [0.25, 0.3) is 21.7 Å². The first-order chi connectivity index (χ1) is 20.4. The summed E-state index contributed by atoms with van der Waals surface area (Å²) in [5.74, 6) is 0.905. The summed E-state index contributed by atoms with van der Waals surface area (Å²) in [6.07, 6.45) is 0.907. The number of carbonyl (C=O) groups excluding carboxylic acids is 2. The van der Waals surface area contributed by atoms with E-state index < -0.39 is 18.0 Å². The number of amides is 2. The van der Waals surface area contributed by atoms with E-state index in [9.17, 15) is 14.8 Å². The van der Waals surface area contributed by atoms with Crippen LogP contribution in [0, 0.1) is 0 Å². The van der Waals surface area contributed by atoms with Crippen molar-refractivity contribution in [3.05, 3.63) is 89.4 Å². The summed E-state index contributed by atoms with van der Waals surface area (Å²) in [6.45, 7) is 0.368. The Morgan fingerprint density at radius 2 is 1.57 bits per heavy atom. The van der Waals surface area contributed by atoms with Gasteiger partial charge in [-0.15, -0.1) is 11.3 Å². The molecular formula is C32H33N3O6S. The highest BCUT2D eigenvalue weighted by molar-refractivity contribution is 7.15. The molecule has 1 aliphatic rings. The van der Waals surface area contributed by atoms with Gasteiger partial charge in [0, 0.05) is 25.1 Å². The predicted molar refractivity (Wildman–Crippen MR) is 160 cm³/mol. The Hall–Kier alpha value is -4.41. The van der Waals surface area contributed by atoms with Crippen LogP contribution in [0.1, 0.15) is 29.3 Å². The zero-order valence-electron chi connectivity index (χ0n) is 23.7. The van der Waals surface area contributed by atoms with Gasteiger partial charge in [0.2, 0.25) is 0 Å². The Bertz CT molecular complexity index is 1440. The molecule has 0 spiro atoms. The zero-order chi connectivity index (χ0) is 29.6. The van der Waals surface area contributed by atoms with Crippen LogP contribution in [0.2, 0.25) is 0 Å². The third-order valence-electron chi connectivity index (χ3n) is 7.33. The number of rotatable bonds is 8. The molecule has 1 N–H and O–H groups in total. The monoisotopic (exact) mass is 587 g/mol. The number of hydroxylamine groups is 2. The number of benzene rings is 3. The molecule has 0 radical (unpaired) electrons. The molecule has 5 rings (SSSR count). The smallest absolute Gasteiger partial charge is 0.344 e. The molecule has 4 aromatic rings. The van der Waals surface area contributed by atoms with Crippen molar-refractivity contribution in [2.24, 2.45) is 0 Å². The number of thiazole rings is 1. The van der Waals surface area contributed by atoms with Crippen molar-refractivity contribution in [2.75, 3.05) is 27.8 Å². The average molecular weight is 588 g/mol. The maximum Gasteiger partial charge on any atom is 0.344 e. The van der Waals surface area contributed by atoms with Crippen LogP contribution in [0.5, 0.6) is 11.5 Å². The second kappa shape index (κ2) is 13.1. The largest absolute Gasteiger partial charge is 0.497 e. The van der Waals surface area contributed by atoms with Gasteiger partial charge in [-0.05, 0) is 72.5 Å². The van der Waals surface area contributed by atoms with E-state index in [4.69, 9.17) is 19.2 Å². The summed E-state index contributed by atoms with van der Waals surface area (Å²) in [5.41, 5.74) is 3.62. The number of carbonyl (C=O) groups is 2. The van der Waals surface area contributed by atoms with Gasteiger partial charge in [-0.25, -0.2) is 19.6 Å². The first-order valence-electron chi connectivity index (χ1n) is 13.6.